The Balaban J connectivity index is 2.18. The summed E-state index contributed by atoms with van der Waals surface area (Å²) in [7, 11) is 1.72. The van der Waals surface area contributed by atoms with Gasteiger partial charge in [-0.2, -0.15) is 0 Å². The van der Waals surface area contributed by atoms with Gasteiger partial charge in [0.1, 0.15) is 11.6 Å². The number of benzene rings is 1. The van der Waals surface area contributed by atoms with Crippen molar-refractivity contribution in [3.63, 3.8) is 0 Å². The van der Waals surface area contributed by atoms with Gasteiger partial charge in [0, 0.05) is 24.5 Å². The lowest BCUT2D eigenvalue weighted by Crippen LogP contribution is -2.12. The lowest BCUT2D eigenvalue weighted by atomic mass is 10.2. The second-order valence-corrected chi connectivity index (χ2v) is 4.62. The van der Waals surface area contributed by atoms with E-state index in [1.54, 1.807) is 25.2 Å². The summed E-state index contributed by atoms with van der Waals surface area (Å²) < 4.78 is 13.7. The second-order valence-electron chi connectivity index (χ2n) is 3.76. The molecule has 0 saturated heterocycles. The monoisotopic (exact) mass is 323 g/mol. The predicted molar refractivity (Wildman–Crippen MR) is 75.8 cm³/mol. The van der Waals surface area contributed by atoms with Crippen molar-refractivity contribution in [2.24, 2.45) is 0 Å². The highest BCUT2D eigenvalue weighted by atomic mass is 79.9. The van der Waals surface area contributed by atoms with Crippen LogP contribution in [0.4, 0.5) is 15.9 Å². The maximum Gasteiger partial charge on any atom is 0.255 e. The number of hydrogen-bond acceptors (Lipinski definition) is 3. The average molecular weight is 324 g/mol. The molecule has 0 unspecified atom stereocenters. The largest absolute Gasteiger partial charge is 0.373 e. The molecule has 0 aliphatic carbocycles. The number of nitrogens with zero attached hydrogens (tertiary/aromatic N) is 1. The molecule has 1 amide bonds. The van der Waals surface area contributed by atoms with Crippen LogP contribution in [0, 0.1) is 5.82 Å². The Morgan fingerprint density at radius 3 is 2.79 bits per heavy atom. The lowest BCUT2D eigenvalue weighted by Gasteiger charge is -2.07. The molecule has 98 valence electrons. The van der Waals surface area contributed by atoms with Gasteiger partial charge < -0.3 is 10.6 Å². The van der Waals surface area contributed by atoms with E-state index in [0.29, 0.717) is 21.5 Å². The Morgan fingerprint density at radius 1 is 1.32 bits per heavy atom. The van der Waals surface area contributed by atoms with Crippen LogP contribution in [0.5, 0.6) is 0 Å². The third-order valence-electron chi connectivity index (χ3n) is 2.46. The van der Waals surface area contributed by atoms with E-state index in [0.717, 1.165) is 0 Å². The van der Waals surface area contributed by atoms with Gasteiger partial charge >= 0.3 is 0 Å². The predicted octanol–water partition coefficient (Wildman–Crippen LogP) is 3.28. The average Bonchev–Trinajstić information content (AvgIpc) is 2.43. The van der Waals surface area contributed by atoms with Crippen molar-refractivity contribution in [3.8, 4) is 0 Å². The van der Waals surface area contributed by atoms with E-state index < -0.39 is 5.82 Å². The molecule has 2 aromatic rings. The molecule has 1 aromatic heterocycles. The summed E-state index contributed by atoms with van der Waals surface area (Å²) in [6.07, 6.45) is 1.53. The van der Waals surface area contributed by atoms with Gasteiger partial charge in [-0.1, -0.05) is 0 Å². The number of halogens is 2. The number of carbonyl (C=O) groups is 1. The van der Waals surface area contributed by atoms with Crippen LogP contribution in [0.3, 0.4) is 0 Å². The van der Waals surface area contributed by atoms with Crippen LogP contribution in [-0.4, -0.2) is 17.9 Å². The van der Waals surface area contributed by atoms with Crippen LogP contribution in [0.2, 0.25) is 0 Å². The third-order valence-corrected chi connectivity index (χ3v) is 3.10. The Bertz CT molecular complexity index is 619. The van der Waals surface area contributed by atoms with E-state index >= 15 is 0 Å². The van der Waals surface area contributed by atoms with Crippen LogP contribution in [0.15, 0.2) is 41.0 Å². The van der Waals surface area contributed by atoms with Gasteiger partial charge in [0.2, 0.25) is 0 Å². The molecule has 0 bridgehead atoms. The summed E-state index contributed by atoms with van der Waals surface area (Å²) in [5, 5.41) is 5.47. The van der Waals surface area contributed by atoms with E-state index in [9.17, 15) is 9.18 Å². The normalized spacial score (nSPS) is 10.1. The molecule has 2 rings (SSSR count). The van der Waals surface area contributed by atoms with Gasteiger partial charge in [-0.05, 0) is 46.3 Å². The minimum absolute atomic E-state index is 0.319. The SMILES string of the molecule is CNc1cc(C(=O)Nc2ccc(Br)c(F)c2)ccn1. The highest BCUT2D eigenvalue weighted by molar-refractivity contribution is 9.10. The molecule has 1 aromatic carbocycles. The summed E-state index contributed by atoms with van der Waals surface area (Å²) in [5.41, 5.74) is 0.844. The number of nitrogens with one attached hydrogen (secondary N) is 2. The minimum Gasteiger partial charge on any atom is -0.373 e. The molecule has 2 N–H and O–H groups in total. The van der Waals surface area contributed by atoms with Gasteiger partial charge in [0.05, 0.1) is 4.47 Å². The molecule has 1 heterocycles. The quantitative estimate of drug-likeness (QED) is 0.911. The number of pyridine rings is 1. The molecule has 0 radical (unpaired) electrons. The number of anilines is 2. The molecule has 0 fully saturated rings. The fraction of sp³-hybridized carbons (Fsp3) is 0.0769. The van der Waals surface area contributed by atoms with Gasteiger partial charge in [-0.25, -0.2) is 9.37 Å². The van der Waals surface area contributed by atoms with Gasteiger partial charge in [-0.15, -0.1) is 0 Å². The van der Waals surface area contributed by atoms with E-state index in [-0.39, 0.29) is 5.91 Å². The van der Waals surface area contributed by atoms with Crippen molar-refractivity contribution in [2.45, 2.75) is 0 Å². The second kappa shape index (κ2) is 5.79. The van der Waals surface area contributed by atoms with Crippen LogP contribution in [0.1, 0.15) is 10.4 Å². The number of hydrogen-bond donors (Lipinski definition) is 2. The van der Waals surface area contributed by atoms with E-state index in [4.69, 9.17) is 0 Å². The summed E-state index contributed by atoms with van der Waals surface area (Å²) in [5.74, 6) is -0.154. The highest BCUT2D eigenvalue weighted by Gasteiger charge is 2.08. The van der Waals surface area contributed by atoms with Crippen LogP contribution in [0.25, 0.3) is 0 Å². The third kappa shape index (κ3) is 3.29. The topological polar surface area (TPSA) is 54.0 Å². The molecule has 4 nitrogen and oxygen atoms in total. The molecule has 0 aliphatic rings. The zero-order valence-corrected chi connectivity index (χ0v) is 11.7. The first-order valence-electron chi connectivity index (χ1n) is 5.50. The molecule has 0 aliphatic heterocycles. The van der Waals surface area contributed by atoms with E-state index in [2.05, 4.69) is 31.5 Å². The molecule has 0 saturated carbocycles. The summed E-state index contributed by atoms with van der Waals surface area (Å²) in [6.45, 7) is 0. The number of amides is 1. The van der Waals surface area contributed by atoms with Crippen LogP contribution in [-0.2, 0) is 0 Å². The van der Waals surface area contributed by atoms with Crippen molar-refractivity contribution in [1.82, 2.24) is 4.98 Å². The van der Waals surface area contributed by atoms with Crippen LogP contribution < -0.4 is 10.6 Å². The Hall–Kier alpha value is -1.95. The first kappa shape index (κ1) is 13.5. The molecule has 19 heavy (non-hydrogen) atoms. The van der Waals surface area contributed by atoms with Crippen molar-refractivity contribution < 1.29 is 9.18 Å². The molecular weight excluding hydrogens is 313 g/mol. The first-order chi connectivity index (χ1) is 9.10. The fourth-order valence-electron chi connectivity index (χ4n) is 1.49. The summed E-state index contributed by atoms with van der Waals surface area (Å²) >= 11 is 3.06. The van der Waals surface area contributed by atoms with E-state index in [1.807, 2.05) is 0 Å². The van der Waals surface area contributed by atoms with Gasteiger partial charge in [0.25, 0.3) is 5.91 Å². The maximum atomic E-state index is 13.3. The van der Waals surface area contributed by atoms with E-state index in [1.165, 1.54) is 18.3 Å². The van der Waals surface area contributed by atoms with Crippen molar-refractivity contribution in [3.05, 3.63) is 52.4 Å². The van der Waals surface area contributed by atoms with Crippen molar-refractivity contribution >= 4 is 33.3 Å². The van der Waals surface area contributed by atoms with Gasteiger partial charge in [-0.3, -0.25) is 4.79 Å². The fourth-order valence-corrected chi connectivity index (χ4v) is 1.73. The number of carbonyl (C=O) groups excluding carboxylic acids is 1. The molecule has 0 atom stereocenters. The number of rotatable bonds is 3. The van der Waals surface area contributed by atoms with Crippen molar-refractivity contribution in [1.29, 1.82) is 0 Å². The Kier molecular flexibility index (Phi) is 4.11. The smallest absolute Gasteiger partial charge is 0.255 e. The standard InChI is InChI=1S/C13H11BrFN3O/c1-16-12-6-8(4-5-17-12)13(19)18-9-2-3-10(14)11(15)7-9/h2-7H,1H3,(H,16,17)(H,18,19). The molecular formula is C13H11BrFN3O. The Labute approximate surface area is 118 Å². The first-order valence-corrected chi connectivity index (χ1v) is 6.29. The minimum atomic E-state index is -0.427. The summed E-state index contributed by atoms with van der Waals surface area (Å²) in [6, 6.07) is 7.61. The lowest BCUT2D eigenvalue weighted by molar-refractivity contribution is 0.102. The molecule has 6 heteroatoms. The van der Waals surface area contributed by atoms with Gasteiger partial charge in [0.15, 0.2) is 0 Å². The summed E-state index contributed by atoms with van der Waals surface area (Å²) in [4.78, 5) is 16.0. The van der Waals surface area contributed by atoms with Crippen LogP contribution >= 0.6 is 15.9 Å². The Morgan fingerprint density at radius 2 is 2.11 bits per heavy atom. The zero-order chi connectivity index (χ0) is 13.8. The maximum absolute atomic E-state index is 13.3. The highest BCUT2D eigenvalue weighted by Crippen LogP contribution is 2.20. The zero-order valence-electron chi connectivity index (χ0n) is 10.1. The molecule has 0 spiro atoms. The van der Waals surface area contributed by atoms with Crippen molar-refractivity contribution in [2.75, 3.05) is 17.7 Å². The number of aromatic nitrogens is 1.